The lowest BCUT2D eigenvalue weighted by Gasteiger charge is -2.30. The number of carbonyl (C=O) groups excluding carboxylic acids is 1. The minimum Gasteiger partial charge on any atom is -0.451 e. The molecule has 4 nitrogen and oxygen atoms in total. The largest absolute Gasteiger partial charge is 0.451 e. The lowest BCUT2D eigenvalue weighted by Crippen LogP contribution is -2.39. The number of hydrogen-bond acceptors (Lipinski definition) is 3. The Hall–Kier alpha value is -1.52. The molecule has 1 aliphatic rings. The van der Waals surface area contributed by atoms with Crippen LogP contribution in [0.1, 0.15) is 23.4 Å². The van der Waals surface area contributed by atoms with Gasteiger partial charge in [0.05, 0.1) is 0 Å². The highest BCUT2D eigenvalue weighted by molar-refractivity contribution is 6.31. The summed E-state index contributed by atoms with van der Waals surface area (Å²) in [5.41, 5.74) is 6.36. The van der Waals surface area contributed by atoms with Crippen molar-refractivity contribution >= 4 is 28.5 Å². The Kier molecular flexibility index (Phi) is 3.68. The number of amides is 1. The number of hydrogen-bond donors (Lipinski definition) is 1. The van der Waals surface area contributed by atoms with E-state index in [2.05, 4.69) is 0 Å². The van der Waals surface area contributed by atoms with Crippen LogP contribution in [0.25, 0.3) is 11.0 Å². The first-order valence-electron chi connectivity index (χ1n) is 6.86. The molecule has 2 N–H and O–H groups in total. The summed E-state index contributed by atoms with van der Waals surface area (Å²) < 4.78 is 5.62. The van der Waals surface area contributed by atoms with Gasteiger partial charge in [0.2, 0.25) is 0 Å². The normalized spacial score (nSPS) is 16.8. The van der Waals surface area contributed by atoms with Gasteiger partial charge in [0, 0.05) is 23.5 Å². The van der Waals surface area contributed by atoms with Gasteiger partial charge in [-0.05, 0) is 49.6 Å². The number of rotatable bonds is 2. The van der Waals surface area contributed by atoms with Crippen LogP contribution in [-0.2, 0) is 0 Å². The molecule has 0 radical (unpaired) electrons. The summed E-state index contributed by atoms with van der Waals surface area (Å²) in [6.07, 6.45) is 1.93. The van der Waals surface area contributed by atoms with Crippen LogP contribution in [0.5, 0.6) is 0 Å². The minimum atomic E-state index is -0.0483. The van der Waals surface area contributed by atoms with E-state index in [1.165, 1.54) is 0 Å². The fourth-order valence-electron chi connectivity index (χ4n) is 2.65. The van der Waals surface area contributed by atoms with Crippen molar-refractivity contribution in [1.82, 2.24) is 4.90 Å². The molecule has 0 atom stereocenters. The van der Waals surface area contributed by atoms with Gasteiger partial charge >= 0.3 is 0 Å². The Bertz CT molecular complexity index is 630. The number of nitrogens with two attached hydrogens (primary N) is 1. The molecule has 20 heavy (non-hydrogen) atoms. The summed E-state index contributed by atoms with van der Waals surface area (Å²) in [6, 6.07) is 7.11. The molecule has 3 rings (SSSR count). The highest BCUT2D eigenvalue weighted by Crippen LogP contribution is 2.25. The summed E-state index contributed by atoms with van der Waals surface area (Å²) in [5, 5.41) is 1.50. The maximum atomic E-state index is 12.4. The lowest BCUT2D eigenvalue weighted by molar-refractivity contribution is 0.0663. The standard InChI is InChI=1S/C15H17ClN2O2/c16-12-1-2-13-11(7-12)8-14(20-13)15(19)18-5-3-10(9-17)4-6-18/h1-2,7-8,10H,3-6,9,17H2. The molecule has 0 unspecified atom stereocenters. The molecule has 0 saturated carbocycles. The van der Waals surface area contributed by atoms with Crippen LogP contribution in [0, 0.1) is 5.92 Å². The van der Waals surface area contributed by atoms with Crippen molar-refractivity contribution in [3.8, 4) is 0 Å². The topological polar surface area (TPSA) is 59.5 Å². The Balaban J connectivity index is 1.79. The summed E-state index contributed by atoms with van der Waals surface area (Å²) in [7, 11) is 0. The average Bonchev–Trinajstić information content (AvgIpc) is 2.89. The first-order chi connectivity index (χ1) is 9.67. The molecule has 2 aromatic rings. The molecule has 5 heteroatoms. The lowest BCUT2D eigenvalue weighted by atomic mass is 9.97. The second kappa shape index (κ2) is 5.46. The SMILES string of the molecule is NCC1CCN(C(=O)c2cc3cc(Cl)ccc3o2)CC1. The first kappa shape index (κ1) is 13.5. The van der Waals surface area contributed by atoms with Crippen molar-refractivity contribution in [3.63, 3.8) is 0 Å². The zero-order valence-corrected chi connectivity index (χ0v) is 11.9. The van der Waals surface area contributed by atoms with Gasteiger partial charge in [0.1, 0.15) is 5.58 Å². The van der Waals surface area contributed by atoms with E-state index in [1.807, 2.05) is 4.90 Å². The van der Waals surface area contributed by atoms with Crippen molar-refractivity contribution in [2.45, 2.75) is 12.8 Å². The molecular formula is C15H17ClN2O2. The number of likely N-dealkylation sites (tertiary alicyclic amines) is 1. The quantitative estimate of drug-likeness (QED) is 0.926. The molecular weight excluding hydrogens is 276 g/mol. The van der Waals surface area contributed by atoms with Gasteiger partial charge in [0.15, 0.2) is 5.76 Å². The molecule has 0 bridgehead atoms. The van der Waals surface area contributed by atoms with Crippen LogP contribution in [0.4, 0.5) is 0 Å². The van der Waals surface area contributed by atoms with Gasteiger partial charge < -0.3 is 15.1 Å². The Labute approximate surface area is 122 Å². The minimum absolute atomic E-state index is 0.0483. The second-order valence-electron chi connectivity index (χ2n) is 5.26. The number of piperidine rings is 1. The monoisotopic (exact) mass is 292 g/mol. The fraction of sp³-hybridized carbons (Fsp3) is 0.400. The van der Waals surface area contributed by atoms with Gasteiger partial charge in [-0.25, -0.2) is 0 Å². The van der Waals surface area contributed by atoms with E-state index in [4.69, 9.17) is 21.8 Å². The maximum absolute atomic E-state index is 12.4. The van der Waals surface area contributed by atoms with E-state index in [0.29, 0.717) is 28.8 Å². The van der Waals surface area contributed by atoms with E-state index < -0.39 is 0 Å². The van der Waals surface area contributed by atoms with Crippen LogP contribution >= 0.6 is 11.6 Å². The third-order valence-corrected chi connectivity index (χ3v) is 4.16. The molecule has 1 aliphatic heterocycles. The average molecular weight is 293 g/mol. The Morgan fingerprint density at radius 1 is 1.35 bits per heavy atom. The number of halogens is 1. The molecule has 0 spiro atoms. The number of carbonyl (C=O) groups is 1. The van der Waals surface area contributed by atoms with Gasteiger partial charge in [-0.2, -0.15) is 0 Å². The van der Waals surface area contributed by atoms with Crippen molar-refractivity contribution < 1.29 is 9.21 Å². The van der Waals surface area contributed by atoms with E-state index in [1.54, 1.807) is 24.3 Å². The zero-order valence-electron chi connectivity index (χ0n) is 11.1. The molecule has 1 aromatic carbocycles. The first-order valence-corrected chi connectivity index (χ1v) is 7.23. The zero-order chi connectivity index (χ0) is 14.1. The number of benzene rings is 1. The number of fused-ring (bicyclic) bond motifs is 1. The number of nitrogens with zero attached hydrogens (tertiary/aromatic N) is 1. The highest BCUT2D eigenvalue weighted by atomic mass is 35.5. The number of furan rings is 1. The summed E-state index contributed by atoms with van der Waals surface area (Å²) >= 11 is 5.94. The summed E-state index contributed by atoms with van der Waals surface area (Å²) in [5.74, 6) is 0.870. The van der Waals surface area contributed by atoms with Crippen LogP contribution in [-0.4, -0.2) is 30.4 Å². The van der Waals surface area contributed by atoms with E-state index >= 15 is 0 Å². The second-order valence-corrected chi connectivity index (χ2v) is 5.70. The van der Waals surface area contributed by atoms with E-state index in [-0.39, 0.29) is 5.91 Å². The summed E-state index contributed by atoms with van der Waals surface area (Å²) in [6.45, 7) is 2.20. The van der Waals surface area contributed by atoms with E-state index in [9.17, 15) is 4.79 Å². The maximum Gasteiger partial charge on any atom is 0.289 e. The molecule has 2 heterocycles. The van der Waals surface area contributed by atoms with Crippen LogP contribution in [0.3, 0.4) is 0 Å². The van der Waals surface area contributed by atoms with Crippen molar-refractivity contribution in [2.24, 2.45) is 11.7 Å². The van der Waals surface area contributed by atoms with Crippen LogP contribution < -0.4 is 5.73 Å². The third-order valence-electron chi connectivity index (χ3n) is 3.92. The van der Waals surface area contributed by atoms with Crippen LogP contribution in [0.15, 0.2) is 28.7 Å². The van der Waals surface area contributed by atoms with Crippen LogP contribution in [0.2, 0.25) is 5.02 Å². The Morgan fingerprint density at radius 2 is 2.10 bits per heavy atom. The van der Waals surface area contributed by atoms with Gasteiger partial charge in [-0.3, -0.25) is 4.79 Å². The predicted molar refractivity (Wildman–Crippen MR) is 78.9 cm³/mol. The molecule has 0 aliphatic carbocycles. The molecule has 1 aromatic heterocycles. The molecule has 1 amide bonds. The fourth-order valence-corrected chi connectivity index (χ4v) is 2.83. The van der Waals surface area contributed by atoms with Crippen molar-refractivity contribution in [3.05, 3.63) is 35.0 Å². The van der Waals surface area contributed by atoms with Crippen molar-refractivity contribution in [2.75, 3.05) is 19.6 Å². The third kappa shape index (κ3) is 2.53. The Morgan fingerprint density at radius 3 is 2.80 bits per heavy atom. The molecule has 1 saturated heterocycles. The molecule has 1 fully saturated rings. The predicted octanol–water partition coefficient (Wildman–Crippen LogP) is 2.90. The van der Waals surface area contributed by atoms with Gasteiger partial charge in [-0.1, -0.05) is 11.6 Å². The van der Waals surface area contributed by atoms with E-state index in [0.717, 1.165) is 31.3 Å². The smallest absolute Gasteiger partial charge is 0.289 e. The van der Waals surface area contributed by atoms with Crippen molar-refractivity contribution in [1.29, 1.82) is 0 Å². The highest BCUT2D eigenvalue weighted by Gasteiger charge is 2.25. The molecule has 106 valence electrons. The summed E-state index contributed by atoms with van der Waals surface area (Å²) in [4.78, 5) is 14.3. The van der Waals surface area contributed by atoms with Gasteiger partial charge in [-0.15, -0.1) is 0 Å². The van der Waals surface area contributed by atoms with Gasteiger partial charge in [0.25, 0.3) is 5.91 Å².